The van der Waals surface area contributed by atoms with Crippen LogP contribution >= 0.6 is 0 Å². The van der Waals surface area contributed by atoms with Crippen LogP contribution in [0.5, 0.6) is 0 Å². The van der Waals surface area contributed by atoms with Gasteiger partial charge in [0.2, 0.25) is 0 Å². The van der Waals surface area contributed by atoms with E-state index >= 15 is 0 Å². The van der Waals surface area contributed by atoms with Gasteiger partial charge < -0.3 is 15.0 Å². The molecule has 0 atom stereocenters. The normalized spacial score (nSPS) is 10.6. The minimum atomic E-state index is 0.682. The molecule has 0 radical (unpaired) electrons. The Morgan fingerprint density at radius 3 is 2.94 bits per heavy atom. The second-order valence-corrected chi connectivity index (χ2v) is 3.91. The third-order valence-electron chi connectivity index (χ3n) is 2.73. The Bertz CT molecular complexity index is 479. The van der Waals surface area contributed by atoms with Crippen LogP contribution in [0, 0.1) is 0 Å². The Morgan fingerprint density at radius 1 is 1.35 bits per heavy atom. The zero-order valence-electron chi connectivity index (χ0n) is 9.97. The summed E-state index contributed by atoms with van der Waals surface area (Å²) in [5.74, 6) is 1.02. The van der Waals surface area contributed by atoms with Crippen molar-refractivity contribution in [2.45, 2.75) is 13.0 Å². The molecule has 4 heteroatoms. The quantitative estimate of drug-likeness (QED) is 0.797. The zero-order valence-corrected chi connectivity index (χ0v) is 9.97. The molecule has 2 N–H and O–H groups in total. The van der Waals surface area contributed by atoms with E-state index in [2.05, 4.69) is 9.55 Å². The number of benzene rings is 1. The molecule has 0 fully saturated rings. The standard InChI is InChI=1S/C13H17N3O/c1-17-9-6-13-15-7-8-16(13)10-11-4-2-3-5-12(11)14/h2-5,7-8H,6,9-10,14H2,1H3. The number of nitrogens with zero attached hydrogens (tertiary/aromatic N) is 2. The number of rotatable bonds is 5. The Labute approximate surface area is 101 Å². The maximum atomic E-state index is 5.93. The number of para-hydroxylation sites is 1. The first-order valence-electron chi connectivity index (χ1n) is 5.63. The van der Waals surface area contributed by atoms with Gasteiger partial charge in [0, 0.05) is 31.6 Å². The van der Waals surface area contributed by atoms with Crippen LogP contribution in [0.3, 0.4) is 0 Å². The summed E-state index contributed by atoms with van der Waals surface area (Å²) in [6.07, 6.45) is 4.60. The highest BCUT2D eigenvalue weighted by molar-refractivity contribution is 5.46. The van der Waals surface area contributed by atoms with Crippen LogP contribution in [-0.4, -0.2) is 23.3 Å². The minimum absolute atomic E-state index is 0.682. The molecule has 0 unspecified atom stereocenters. The van der Waals surface area contributed by atoms with Crippen molar-refractivity contribution in [1.82, 2.24) is 9.55 Å². The van der Waals surface area contributed by atoms with E-state index < -0.39 is 0 Å². The summed E-state index contributed by atoms with van der Waals surface area (Å²) in [5.41, 5.74) is 7.86. The largest absolute Gasteiger partial charge is 0.398 e. The summed E-state index contributed by atoms with van der Waals surface area (Å²) in [5, 5.41) is 0. The van der Waals surface area contributed by atoms with Crippen molar-refractivity contribution < 1.29 is 4.74 Å². The van der Waals surface area contributed by atoms with Gasteiger partial charge in [0.05, 0.1) is 13.2 Å². The van der Waals surface area contributed by atoms with Crippen molar-refractivity contribution in [3.63, 3.8) is 0 Å². The van der Waals surface area contributed by atoms with E-state index in [1.54, 1.807) is 7.11 Å². The van der Waals surface area contributed by atoms with Crippen LogP contribution < -0.4 is 5.73 Å². The first kappa shape index (κ1) is 11.7. The summed E-state index contributed by atoms with van der Waals surface area (Å²) in [6.45, 7) is 1.44. The van der Waals surface area contributed by atoms with Crippen molar-refractivity contribution in [3.8, 4) is 0 Å². The predicted octanol–water partition coefficient (Wildman–Crippen LogP) is 1.70. The van der Waals surface area contributed by atoms with Crippen LogP contribution in [0.4, 0.5) is 5.69 Å². The smallest absolute Gasteiger partial charge is 0.111 e. The first-order chi connectivity index (χ1) is 8.31. The molecule has 0 aliphatic rings. The summed E-state index contributed by atoms with van der Waals surface area (Å²) in [4.78, 5) is 4.32. The average molecular weight is 231 g/mol. The first-order valence-corrected chi connectivity index (χ1v) is 5.63. The molecule has 0 saturated carbocycles. The molecule has 0 spiro atoms. The van der Waals surface area contributed by atoms with Gasteiger partial charge in [-0.15, -0.1) is 0 Å². The van der Waals surface area contributed by atoms with Crippen molar-refractivity contribution >= 4 is 5.69 Å². The lowest BCUT2D eigenvalue weighted by atomic mass is 10.2. The fraction of sp³-hybridized carbons (Fsp3) is 0.308. The van der Waals surface area contributed by atoms with Gasteiger partial charge in [-0.2, -0.15) is 0 Å². The van der Waals surface area contributed by atoms with Crippen LogP contribution in [0.25, 0.3) is 0 Å². The van der Waals surface area contributed by atoms with E-state index in [4.69, 9.17) is 10.5 Å². The number of ether oxygens (including phenoxy) is 1. The van der Waals surface area contributed by atoms with E-state index in [1.807, 2.05) is 36.7 Å². The van der Waals surface area contributed by atoms with Crippen LogP contribution in [0.1, 0.15) is 11.4 Å². The van der Waals surface area contributed by atoms with Gasteiger partial charge in [0.25, 0.3) is 0 Å². The summed E-state index contributed by atoms with van der Waals surface area (Å²) < 4.78 is 7.17. The predicted molar refractivity (Wildman–Crippen MR) is 67.8 cm³/mol. The Morgan fingerprint density at radius 2 is 2.18 bits per heavy atom. The third-order valence-corrected chi connectivity index (χ3v) is 2.73. The average Bonchev–Trinajstić information content (AvgIpc) is 2.77. The van der Waals surface area contributed by atoms with Gasteiger partial charge in [-0.3, -0.25) is 0 Å². The second kappa shape index (κ2) is 5.50. The second-order valence-electron chi connectivity index (χ2n) is 3.91. The third kappa shape index (κ3) is 2.85. The molecule has 0 aliphatic heterocycles. The highest BCUT2D eigenvalue weighted by atomic mass is 16.5. The lowest BCUT2D eigenvalue weighted by molar-refractivity contribution is 0.199. The number of aromatic nitrogens is 2. The van der Waals surface area contributed by atoms with Gasteiger partial charge in [-0.05, 0) is 11.6 Å². The number of methoxy groups -OCH3 is 1. The Kier molecular flexibility index (Phi) is 3.77. The summed E-state index contributed by atoms with van der Waals surface area (Å²) >= 11 is 0. The van der Waals surface area contributed by atoms with Crippen molar-refractivity contribution in [1.29, 1.82) is 0 Å². The van der Waals surface area contributed by atoms with E-state index in [0.29, 0.717) is 6.61 Å². The van der Waals surface area contributed by atoms with Crippen LogP contribution in [0.15, 0.2) is 36.7 Å². The van der Waals surface area contributed by atoms with Crippen molar-refractivity contribution in [2.24, 2.45) is 0 Å². The summed E-state index contributed by atoms with van der Waals surface area (Å²) in [6, 6.07) is 7.90. The molecule has 4 nitrogen and oxygen atoms in total. The molecule has 2 aromatic rings. The number of nitrogens with two attached hydrogens (primary N) is 1. The molecular formula is C13H17N3O. The zero-order chi connectivity index (χ0) is 12.1. The lowest BCUT2D eigenvalue weighted by Gasteiger charge is -2.09. The Hall–Kier alpha value is -1.81. The number of anilines is 1. The van der Waals surface area contributed by atoms with Gasteiger partial charge >= 0.3 is 0 Å². The molecule has 2 rings (SSSR count). The molecule has 0 saturated heterocycles. The fourth-order valence-electron chi connectivity index (χ4n) is 1.77. The molecule has 0 bridgehead atoms. The SMILES string of the molecule is COCCc1nccn1Cc1ccccc1N. The minimum Gasteiger partial charge on any atom is -0.398 e. The molecule has 1 aromatic heterocycles. The van der Waals surface area contributed by atoms with Crippen molar-refractivity contribution in [2.75, 3.05) is 19.5 Å². The topological polar surface area (TPSA) is 53.1 Å². The van der Waals surface area contributed by atoms with Crippen LogP contribution in [0.2, 0.25) is 0 Å². The molecular weight excluding hydrogens is 214 g/mol. The molecule has 1 heterocycles. The van der Waals surface area contributed by atoms with Gasteiger partial charge in [0.1, 0.15) is 5.82 Å². The lowest BCUT2D eigenvalue weighted by Crippen LogP contribution is -2.08. The molecule has 17 heavy (non-hydrogen) atoms. The van der Waals surface area contributed by atoms with E-state index in [1.165, 1.54) is 0 Å². The van der Waals surface area contributed by atoms with Gasteiger partial charge in [-0.25, -0.2) is 4.98 Å². The molecule has 1 aromatic carbocycles. The fourth-order valence-corrected chi connectivity index (χ4v) is 1.77. The highest BCUT2D eigenvalue weighted by Gasteiger charge is 2.04. The number of hydrogen-bond donors (Lipinski definition) is 1. The van der Waals surface area contributed by atoms with Crippen molar-refractivity contribution in [3.05, 3.63) is 48.0 Å². The maximum Gasteiger partial charge on any atom is 0.111 e. The summed E-state index contributed by atoms with van der Waals surface area (Å²) in [7, 11) is 1.70. The molecule has 0 aliphatic carbocycles. The number of nitrogen functional groups attached to an aromatic ring is 1. The van der Waals surface area contributed by atoms with Gasteiger partial charge in [0.15, 0.2) is 0 Å². The molecule has 0 amide bonds. The van der Waals surface area contributed by atoms with E-state index in [-0.39, 0.29) is 0 Å². The maximum absolute atomic E-state index is 5.93. The monoisotopic (exact) mass is 231 g/mol. The van der Waals surface area contributed by atoms with Crippen LogP contribution in [-0.2, 0) is 17.7 Å². The Balaban J connectivity index is 2.13. The molecule has 90 valence electrons. The van der Waals surface area contributed by atoms with E-state index in [0.717, 1.165) is 30.0 Å². The highest BCUT2D eigenvalue weighted by Crippen LogP contribution is 2.13. The van der Waals surface area contributed by atoms with Gasteiger partial charge in [-0.1, -0.05) is 18.2 Å². The number of imidazole rings is 1. The van der Waals surface area contributed by atoms with E-state index in [9.17, 15) is 0 Å². The number of hydrogen-bond acceptors (Lipinski definition) is 3.